The van der Waals surface area contributed by atoms with Crippen LogP contribution in [0.4, 0.5) is 0 Å². The summed E-state index contributed by atoms with van der Waals surface area (Å²) in [7, 11) is 0. The summed E-state index contributed by atoms with van der Waals surface area (Å²) in [6.07, 6.45) is 5.18. The lowest BCUT2D eigenvalue weighted by molar-refractivity contribution is 0.0560. The number of aliphatic hydroxyl groups excluding tert-OH is 1. The van der Waals surface area contributed by atoms with Crippen molar-refractivity contribution >= 4 is 0 Å². The summed E-state index contributed by atoms with van der Waals surface area (Å²) in [5, 5.41) is 12.8. The van der Waals surface area contributed by atoms with E-state index < -0.39 is 0 Å². The van der Waals surface area contributed by atoms with Crippen LogP contribution in [0.15, 0.2) is 0 Å². The van der Waals surface area contributed by atoms with Gasteiger partial charge in [0.2, 0.25) is 0 Å². The third kappa shape index (κ3) is 4.87. The lowest BCUT2D eigenvalue weighted by Gasteiger charge is -2.43. The largest absolute Gasteiger partial charge is 0.395 e. The molecule has 3 nitrogen and oxygen atoms in total. The van der Waals surface area contributed by atoms with E-state index in [0.29, 0.717) is 11.5 Å². The Kier molecular flexibility index (Phi) is 6.61. The second-order valence-electron chi connectivity index (χ2n) is 6.48. The van der Waals surface area contributed by atoms with Crippen molar-refractivity contribution in [3.05, 3.63) is 0 Å². The van der Waals surface area contributed by atoms with Gasteiger partial charge < -0.3 is 10.4 Å². The van der Waals surface area contributed by atoms with Crippen molar-refractivity contribution in [3.8, 4) is 0 Å². The fraction of sp³-hybridized carbons (Fsp3) is 1.00. The molecule has 3 heteroatoms. The lowest BCUT2D eigenvalue weighted by Crippen LogP contribution is -2.50. The van der Waals surface area contributed by atoms with Gasteiger partial charge in [0.05, 0.1) is 6.61 Å². The first-order valence-electron chi connectivity index (χ1n) is 7.59. The fourth-order valence-corrected chi connectivity index (χ4v) is 2.50. The molecule has 0 bridgehead atoms. The van der Waals surface area contributed by atoms with Crippen LogP contribution in [-0.2, 0) is 0 Å². The first-order chi connectivity index (χ1) is 8.50. The molecule has 0 aromatic carbocycles. The summed E-state index contributed by atoms with van der Waals surface area (Å²) >= 11 is 0. The van der Waals surface area contributed by atoms with Gasteiger partial charge in [-0.25, -0.2) is 0 Å². The number of aliphatic hydroxyl groups is 1. The standard InChI is InChI=1S/C15H32N2O/c1-5-15(4,11-16-13(2)3)12-17(9-10-18)14-7-6-8-14/h13-14,16,18H,5-12H2,1-4H3. The normalized spacial score (nSPS) is 20.2. The molecular formula is C15H32N2O. The topological polar surface area (TPSA) is 35.5 Å². The predicted molar refractivity (Wildman–Crippen MR) is 77.8 cm³/mol. The van der Waals surface area contributed by atoms with E-state index in [1.807, 2.05) is 0 Å². The van der Waals surface area contributed by atoms with E-state index >= 15 is 0 Å². The van der Waals surface area contributed by atoms with Crippen molar-refractivity contribution in [2.24, 2.45) is 5.41 Å². The first kappa shape index (κ1) is 15.9. The van der Waals surface area contributed by atoms with Gasteiger partial charge in [0, 0.05) is 31.7 Å². The highest BCUT2D eigenvalue weighted by molar-refractivity contribution is 4.86. The maximum Gasteiger partial charge on any atom is 0.0558 e. The highest BCUT2D eigenvalue weighted by Crippen LogP contribution is 2.29. The summed E-state index contributed by atoms with van der Waals surface area (Å²) in [5.74, 6) is 0. The summed E-state index contributed by atoms with van der Waals surface area (Å²) in [4.78, 5) is 2.51. The minimum absolute atomic E-state index is 0.286. The molecule has 2 N–H and O–H groups in total. The van der Waals surface area contributed by atoms with Gasteiger partial charge in [-0.1, -0.05) is 34.1 Å². The van der Waals surface area contributed by atoms with Crippen LogP contribution in [0.3, 0.4) is 0 Å². The molecule has 0 aromatic rings. The number of hydrogen-bond acceptors (Lipinski definition) is 3. The molecule has 1 aliphatic carbocycles. The Morgan fingerprint density at radius 1 is 1.39 bits per heavy atom. The Hall–Kier alpha value is -0.120. The number of hydrogen-bond donors (Lipinski definition) is 2. The molecule has 1 saturated carbocycles. The molecular weight excluding hydrogens is 224 g/mol. The van der Waals surface area contributed by atoms with Crippen molar-refractivity contribution in [2.45, 2.75) is 65.5 Å². The van der Waals surface area contributed by atoms with Crippen LogP contribution in [0.1, 0.15) is 53.4 Å². The molecule has 0 amide bonds. The third-order valence-electron chi connectivity index (χ3n) is 4.35. The molecule has 0 radical (unpaired) electrons. The molecule has 1 fully saturated rings. The Balaban J connectivity index is 2.50. The van der Waals surface area contributed by atoms with Crippen molar-refractivity contribution in [2.75, 3.05) is 26.2 Å². The Morgan fingerprint density at radius 2 is 2.06 bits per heavy atom. The van der Waals surface area contributed by atoms with Crippen molar-refractivity contribution < 1.29 is 5.11 Å². The van der Waals surface area contributed by atoms with E-state index in [1.54, 1.807) is 0 Å². The monoisotopic (exact) mass is 256 g/mol. The molecule has 0 aliphatic heterocycles. The van der Waals surface area contributed by atoms with E-state index in [1.165, 1.54) is 25.7 Å². The SMILES string of the molecule is CCC(C)(CNC(C)C)CN(CCO)C1CCC1. The maximum atomic E-state index is 9.24. The smallest absolute Gasteiger partial charge is 0.0558 e. The summed E-state index contributed by atoms with van der Waals surface area (Å²) in [5.41, 5.74) is 0.315. The van der Waals surface area contributed by atoms with Gasteiger partial charge in [0.15, 0.2) is 0 Å². The zero-order chi connectivity index (χ0) is 13.6. The zero-order valence-corrected chi connectivity index (χ0v) is 12.7. The molecule has 0 heterocycles. The molecule has 0 spiro atoms. The van der Waals surface area contributed by atoms with Gasteiger partial charge in [0.25, 0.3) is 0 Å². The molecule has 18 heavy (non-hydrogen) atoms. The summed E-state index contributed by atoms with van der Waals surface area (Å²) < 4.78 is 0. The van der Waals surface area contributed by atoms with Crippen LogP contribution in [0.2, 0.25) is 0 Å². The van der Waals surface area contributed by atoms with Gasteiger partial charge in [-0.15, -0.1) is 0 Å². The van der Waals surface area contributed by atoms with Crippen molar-refractivity contribution in [1.29, 1.82) is 0 Å². The third-order valence-corrected chi connectivity index (χ3v) is 4.35. The molecule has 1 rings (SSSR count). The van der Waals surface area contributed by atoms with E-state index in [-0.39, 0.29) is 6.61 Å². The number of rotatable bonds is 9. The molecule has 0 aromatic heterocycles. The molecule has 108 valence electrons. The van der Waals surface area contributed by atoms with Crippen molar-refractivity contribution in [1.82, 2.24) is 10.2 Å². The van der Waals surface area contributed by atoms with Crippen LogP contribution in [0.25, 0.3) is 0 Å². The van der Waals surface area contributed by atoms with E-state index in [0.717, 1.165) is 25.7 Å². The quantitative estimate of drug-likeness (QED) is 0.664. The minimum atomic E-state index is 0.286. The molecule has 1 unspecified atom stereocenters. The highest BCUT2D eigenvalue weighted by Gasteiger charge is 2.31. The fourth-order valence-electron chi connectivity index (χ4n) is 2.50. The Morgan fingerprint density at radius 3 is 2.44 bits per heavy atom. The maximum absolute atomic E-state index is 9.24. The predicted octanol–water partition coefficient (Wildman–Crippen LogP) is 2.25. The zero-order valence-electron chi connectivity index (χ0n) is 12.7. The Labute approximate surface area is 113 Å². The Bertz CT molecular complexity index is 229. The minimum Gasteiger partial charge on any atom is -0.395 e. The van der Waals surface area contributed by atoms with E-state index in [9.17, 15) is 5.11 Å². The number of nitrogens with one attached hydrogen (secondary N) is 1. The summed E-state index contributed by atoms with van der Waals surface area (Å²) in [6, 6.07) is 1.27. The van der Waals surface area contributed by atoms with E-state index in [4.69, 9.17) is 0 Å². The first-order valence-corrected chi connectivity index (χ1v) is 7.59. The van der Waals surface area contributed by atoms with Crippen LogP contribution in [0.5, 0.6) is 0 Å². The average Bonchev–Trinajstić information content (AvgIpc) is 2.24. The second kappa shape index (κ2) is 7.46. The van der Waals surface area contributed by atoms with Gasteiger partial charge in [0.1, 0.15) is 0 Å². The van der Waals surface area contributed by atoms with Crippen LogP contribution in [0, 0.1) is 5.41 Å². The van der Waals surface area contributed by atoms with Crippen LogP contribution in [-0.4, -0.2) is 48.3 Å². The van der Waals surface area contributed by atoms with Gasteiger partial charge in [-0.2, -0.15) is 0 Å². The molecule has 0 saturated heterocycles. The van der Waals surface area contributed by atoms with Gasteiger partial charge in [-0.05, 0) is 24.7 Å². The van der Waals surface area contributed by atoms with Crippen LogP contribution >= 0.6 is 0 Å². The van der Waals surface area contributed by atoms with Gasteiger partial charge >= 0.3 is 0 Å². The van der Waals surface area contributed by atoms with Gasteiger partial charge in [-0.3, -0.25) is 4.90 Å². The average molecular weight is 256 g/mol. The van der Waals surface area contributed by atoms with Crippen LogP contribution < -0.4 is 5.32 Å². The second-order valence-corrected chi connectivity index (χ2v) is 6.48. The molecule has 1 atom stereocenters. The lowest BCUT2D eigenvalue weighted by atomic mass is 9.83. The molecule has 1 aliphatic rings. The summed E-state index contributed by atoms with van der Waals surface area (Å²) in [6.45, 7) is 12.3. The van der Waals surface area contributed by atoms with E-state index in [2.05, 4.69) is 37.9 Å². The highest BCUT2D eigenvalue weighted by atomic mass is 16.3. The van der Waals surface area contributed by atoms with Crippen molar-refractivity contribution in [3.63, 3.8) is 0 Å². The number of nitrogens with zero attached hydrogens (tertiary/aromatic N) is 1.